The zero-order chi connectivity index (χ0) is 14.7. The highest BCUT2D eigenvalue weighted by Gasteiger charge is 2.13. The minimum absolute atomic E-state index is 0.0963. The van der Waals surface area contributed by atoms with E-state index in [1.807, 2.05) is 25.1 Å². The van der Waals surface area contributed by atoms with Gasteiger partial charge in [0.25, 0.3) is 0 Å². The van der Waals surface area contributed by atoms with Crippen LogP contribution in [0.5, 0.6) is 0 Å². The van der Waals surface area contributed by atoms with E-state index in [0.717, 1.165) is 15.3 Å². The Balaban J connectivity index is 2.24. The van der Waals surface area contributed by atoms with Gasteiger partial charge >= 0.3 is 0 Å². The molecule has 0 aliphatic heterocycles. The van der Waals surface area contributed by atoms with Crippen molar-refractivity contribution >= 4 is 28.3 Å². The number of nitrogens with zero attached hydrogens (tertiary/aromatic N) is 1. The highest BCUT2D eigenvalue weighted by molar-refractivity contribution is 7.13. The number of hydrogen-bond donors (Lipinski definition) is 0. The highest BCUT2D eigenvalue weighted by atomic mass is 32.1. The third-order valence-electron chi connectivity index (χ3n) is 2.94. The second-order valence-electron chi connectivity index (χ2n) is 4.39. The third-order valence-corrected chi connectivity index (χ3v) is 4.00. The molecule has 0 unspecified atom stereocenters. The zero-order valence-corrected chi connectivity index (χ0v) is 12.0. The van der Waals surface area contributed by atoms with Crippen molar-refractivity contribution in [3.63, 3.8) is 0 Å². The summed E-state index contributed by atoms with van der Waals surface area (Å²) in [5.74, 6) is -0.0963. The quantitative estimate of drug-likeness (QED) is 0.470. The largest absolute Gasteiger partial charge is 0.289 e. The van der Waals surface area contributed by atoms with Crippen molar-refractivity contribution in [1.29, 1.82) is 5.26 Å². The summed E-state index contributed by atoms with van der Waals surface area (Å²) in [6, 6.07) is 12.7. The number of benzene rings is 1. The van der Waals surface area contributed by atoms with Crippen LogP contribution in [0, 0.1) is 18.3 Å². The van der Waals surface area contributed by atoms with E-state index in [1.54, 1.807) is 35.6 Å². The number of carbonyl (C=O) groups is 1. The molecule has 2 nitrogen and oxygen atoms in total. The van der Waals surface area contributed by atoms with E-state index in [4.69, 9.17) is 5.26 Å². The maximum Gasteiger partial charge on any atom is 0.193 e. The topological polar surface area (TPSA) is 40.9 Å². The van der Waals surface area contributed by atoms with Crippen LogP contribution in [0.25, 0.3) is 11.1 Å². The van der Waals surface area contributed by atoms with Gasteiger partial charge < -0.3 is 0 Å². The number of carbonyl (C=O) groups excluding carboxylic acids is 1. The second-order valence-corrected chi connectivity index (χ2v) is 5.67. The molecule has 0 bridgehead atoms. The van der Waals surface area contributed by atoms with Crippen LogP contribution in [0.1, 0.15) is 25.7 Å². The van der Waals surface area contributed by atoms with E-state index < -0.39 is 0 Å². The average Bonchev–Trinajstić information content (AvgIpc) is 2.91. The molecule has 0 fully saturated rings. The lowest BCUT2D eigenvalue weighted by atomic mass is 10.0. The first kappa shape index (κ1) is 14.0. The van der Waals surface area contributed by atoms with Gasteiger partial charge in [-0.3, -0.25) is 4.79 Å². The zero-order valence-electron chi connectivity index (χ0n) is 11.1. The molecule has 1 aromatic heterocycles. The van der Waals surface area contributed by atoms with Crippen LogP contribution in [0.3, 0.4) is 0 Å². The van der Waals surface area contributed by atoms with Gasteiger partial charge in [-0.15, -0.1) is 11.3 Å². The number of nitriles is 1. The molecule has 2 aromatic rings. The Morgan fingerprint density at radius 3 is 2.20 bits per heavy atom. The molecule has 98 valence electrons. The summed E-state index contributed by atoms with van der Waals surface area (Å²) in [6.45, 7) is 9.52. The Labute approximate surface area is 122 Å². The van der Waals surface area contributed by atoms with Crippen LogP contribution >= 0.6 is 11.3 Å². The van der Waals surface area contributed by atoms with Crippen molar-refractivity contribution in [1.82, 2.24) is 0 Å². The average molecular weight is 279 g/mol. The summed E-state index contributed by atoms with van der Waals surface area (Å²) in [5, 5.41) is 8.78. The number of thiophene rings is 1. The van der Waals surface area contributed by atoms with Gasteiger partial charge in [0.2, 0.25) is 0 Å². The number of Topliss-reactive ketones (excluding diaryl/α,β-unsaturated/α-hetero) is 1. The van der Waals surface area contributed by atoms with Crippen molar-refractivity contribution in [2.24, 2.45) is 0 Å². The van der Waals surface area contributed by atoms with Gasteiger partial charge in [-0.05, 0) is 24.6 Å². The van der Waals surface area contributed by atoms with Crippen molar-refractivity contribution in [3.8, 4) is 6.07 Å². The SMILES string of the molecule is C=C(C#N)c1ccc(C(=O)C(=C)c2ccc(C)s2)cc1. The number of aryl methyl sites for hydroxylation is 1. The fourth-order valence-electron chi connectivity index (χ4n) is 1.77. The van der Waals surface area contributed by atoms with Crippen LogP contribution in [-0.2, 0) is 0 Å². The third kappa shape index (κ3) is 2.76. The predicted molar refractivity (Wildman–Crippen MR) is 83.5 cm³/mol. The molecule has 2 rings (SSSR count). The standard InChI is InChI=1S/C17H13NOS/c1-11(10-18)14-5-7-15(8-6-14)17(19)13(3)16-9-4-12(2)20-16/h4-9H,1,3H2,2H3. The summed E-state index contributed by atoms with van der Waals surface area (Å²) in [5.41, 5.74) is 2.17. The van der Waals surface area contributed by atoms with Crippen LogP contribution in [0.2, 0.25) is 0 Å². The molecule has 0 amide bonds. The van der Waals surface area contributed by atoms with Gasteiger partial charge in [0, 0.05) is 20.9 Å². The van der Waals surface area contributed by atoms with E-state index in [-0.39, 0.29) is 5.78 Å². The lowest BCUT2D eigenvalue weighted by molar-refractivity contribution is 0.105. The maximum absolute atomic E-state index is 12.3. The molecule has 0 aliphatic rings. The molecule has 0 aliphatic carbocycles. The Kier molecular flexibility index (Phi) is 3.97. The first-order chi connectivity index (χ1) is 9.52. The Morgan fingerprint density at radius 1 is 1.10 bits per heavy atom. The molecule has 20 heavy (non-hydrogen) atoms. The second kappa shape index (κ2) is 5.68. The Hall–Kier alpha value is -2.44. The van der Waals surface area contributed by atoms with E-state index >= 15 is 0 Å². The molecule has 1 aromatic carbocycles. The van der Waals surface area contributed by atoms with E-state index in [9.17, 15) is 4.79 Å². The fraction of sp³-hybridized carbons (Fsp3) is 0.0588. The van der Waals surface area contributed by atoms with Crippen LogP contribution in [-0.4, -0.2) is 5.78 Å². The maximum atomic E-state index is 12.3. The van der Waals surface area contributed by atoms with E-state index in [0.29, 0.717) is 16.7 Å². The molecule has 0 saturated carbocycles. The van der Waals surface area contributed by atoms with E-state index in [2.05, 4.69) is 13.2 Å². The van der Waals surface area contributed by atoms with Crippen LogP contribution < -0.4 is 0 Å². The number of hydrogen-bond acceptors (Lipinski definition) is 3. The first-order valence-electron chi connectivity index (χ1n) is 6.03. The van der Waals surface area contributed by atoms with E-state index in [1.165, 1.54) is 0 Å². The van der Waals surface area contributed by atoms with Gasteiger partial charge in [-0.25, -0.2) is 0 Å². The van der Waals surface area contributed by atoms with Crippen molar-refractivity contribution < 1.29 is 4.79 Å². The number of ketones is 1. The Morgan fingerprint density at radius 2 is 1.70 bits per heavy atom. The van der Waals surface area contributed by atoms with Crippen molar-refractivity contribution in [2.75, 3.05) is 0 Å². The van der Waals surface area contributed by atoms with Gasteiger partial charge in [0.1, 0.15) is 0 Å². The highest BCUT2D eigenvalue weighted by Crippen LogP contribution is 2.25. The van der Waals surface area contributed by atoms with Crippen molar-refractivity contribution in [2.45, 2.75) is 6.92 Å². The minimum atomic E-state index is -0.0963. The summed E-state index contributed by atoms with van der Waals surface area (Å²) < 4.78 is 0. The molecular weight excluding hydrogens is 266 g/mol. The van der Waals surface area contributed by atoms with Gasteiger partial charge in [0.15, 0.2) is 5.78 Å². The lowest BCUT2D eigenvalue weighted by Gasteiger charge is -2.04. The number of rotatable bonds is 4. The molecule has 0 spiro atoms. The summed E-state index contributed by atoms with van der Waals surface area (Å²) in [4.78, 5) is 14.4. The molecular formula is C17H13NOS. The van der Waals surface area contributed by atoms with Crippen LogP contribution in [0.4, 0.5) is 0 Å². The van der Waals surface area contributed by atoms with Gasteiger partial charge in [-0.1, -0.05) is 37.4 Å². The normalized spacial score (nSPS) is 9.80. The molecule has 3 heteroatoms. The van der Waals surface area contributed by atoms with Crippen LogP contribution in [0.15, 0.2) is 49.6 Å². The predicted octanol–water partition coefficient (Wildman–Crippen LogP) is 4.49. The lowest BCUT2D eigenvalue weighted by Crippen LogP contribution is -2.00. The smallest absolute Gasteiger partial charge is 0.193 e. The monoisotopic (exact) mass is 279 g/mol. The fourth-order valence-corrected chi connectivity index (χ4v) is 2.61. The molecule has 0 saturated heterocycles. The minimum Gasteiger partial charge on any atom is -0.289 e. The summed E-state index contributed by atoms with van der Waals surface area (Å²) >= 11 is 1.55. The molecule has 0 N–H and O–H groups in total. The number of allylic oxidation sites excluding steroid dienone is 2. The molecule has 1 heterocycles. The van der Waals surface area contributed by atoms with Gasteiger partial charge in [0.05, 0.1) is 11.6 Å². The molecule has 0 atom stereocenters. The summed E-state index contributed by atoms with van der Waals surface area (Å²) in [6.07, 6.45) is 0. The molecule has 0 radical (unpaired) electrons. The van der Waals surface area contributed by atoms with Crippen molar-refractivity contribution in [3.05, 3.63) is 70.4 Å². The Bertz CT molecular complexity index is 729. The van der Waals surface area contributed by atoms with Gasteiger partial charge in [-0.2, -0.15) is 5.26 Å². The first-order valence-corrected chi connectivity index (χ1v) is 6.84. The summed E-state index contributed by atoms with van der Waals surface area (Å²) in [7, 11) is 0.